The van der Waals surface area contributed by atoms with Gasteiger partial charge in [0.05, 0.1) is 16.9 Å². The number of hydrogen-bond acceptors (Lipinski definition) is 4. The second-order valence-electron chi connectivity index (χ2n) is 8.78. The summed E-state index contributed by atoms with van der Waals surface area (Å²) in [5, 5.41) is 9.87. The van der Waals surface area contributed by atoms with Crippen molar-refractivity contribution in [2.75, 3.05) is 12.3 Å². The van der Waals surface area contributed by atoms with Gasteiger partial charge in [0.2, 0.25) is 10.0 Å². The van der Waals surface area contributed by atoms with E-state index >= 15 is 0 Å². The lowest BCUT2D eigenvalue weighted by molar-refractivity contribution is -0.143. The molecule has 184 valence electrons. The molecule has 1 N–H and O–H groups in total. The van der Waals surface area contributed by atoms with Crippen molar-refractivity contribution < 1.29 is 18.3 Å². The molecular formula is C27H28BrNO4S2. The van der Waals surface area contributed by atoms with E-state index in [0.717, 1.165) is 27.8 Å². The van der Waals surface area contributed by atoms with E-state index in [9.17, 15) is 18.3 Å². The normalized spacial score (nSPS) is 21.0. The van der Waals surface area contributed by atoms with E-state index in [1.807, 2.05) is 49.4 Å². The molecule has 3 atom stereocenters. The maximum Gasteiger partial charge on any atom is 0.308 e. The Kier molecular flexibility index (Phi) is 8.37. The molecule has 3 aromatic carbocycles. The monoisotopic (exact) mass is 573 g/mol. The van der Waals surface area contributed by atoms with Gasteiger partial charge in [0, 0.05) is 16.3 Å². The van der Waals surface area contributed by atoms with Gasteiger partial charge in [-0.25, -0.2) is 8.42 Å². The van der Waals surface area contributed by atoms with Gasteiger partial charge >= 0.3 is 5.97 Å². The van der Waals surface area contributed by atoms with Crippen molar-refractivity contribution in [1.29, 1.82) is 0 Å². The Labute approximate surface area is 219 Å². The fraction of sp³-hybridized carbons (Fsp3) is 0.296. The molecule has 0 saturated carbocycles. The third-order valence-electron chi connectivity index (χ3n) is 6.37. The van der Waals surface area contributed by atoms with E-state index in [4.69, 9.17) is 0 Å². The number of carboxylic acid groups (broad SMARTS) is 1. The number of carbonyl (C=O) groups is 1. The molecule has 1 heterocycles. The molecule has 1 aliphatic rings. The molecule has 0 radical (unpaired) electrons. The lowest BCUT2D eigenvalue weighted by atomic mass is 9.90. The quantitative estimate of drug-likeness (QED) is 0.361. The molecule has 8 heteroatoms. The van der Waals surface area contributed by atoms with Gasteiger partial charge < -0.3 is 5.11 Å². The Morgan fingerprint density at radius 3 is 2.43 bits per heavy atom. The molecule has 1 aliphatic heterocycles. The highest BCUT2D eigenvalue weighted by atomic mass is 79.9. The summed E-state index contributed by atoms with van der Waals surface area (Å²) in [6, 6.07) is 24.0. The van der Waals surface area contributed by atoms with Crippen LogP contribution in [0.5, 0.6) is 0 Å². The number of rotatable bonds is 8. The zero-order valence-electron chi connectivity index (χ0n) is 19.4. The number of thioether (sulfide) groups is 1. The topological polar surface area (TPSA) is 74.7 Å². The minimum Gasteiger partial charge on any atom is -0.481 e. The van der Waals surface area contributed by atoms with E-state index in [0.29, 0.717) is 6.42 Å². The molecule has 0 bridgehead atoms. The van der Waals surface area contributed by atoms with Crippen molar-refractivity contribution in [2.24, 2.45) is 5.92 Å². The van der Waals surface area contributed by atoms with Gasteiger partial charge in [0.1, 0.15) is 0 Å². The molecule has 1 saturated heterocycles. The molecular weight excluding hydrogens is 546 g/mol. The first-order chi connectivity index (χ1) is 16.8. The Balaban J connectivity index is 1.65. The number of aryl methyl sites for hydroxylation is 2. The predicted molar refractivity (Wildman–Crippen MR) is 144 cm³/mol. The third-order valence-corrected chi connectivity index (χ3v) is 10.1. The number of nitrogens with zero attached hydrogens (tertiary/aromatic N) is 1. The Morgan fingerprint density at radius 2 is 1.77 bits per heavy atom. The van der Waals surface area contributed by atoms with Crippen molar-refractivity contribution in [3.63, 3.8) is 0 Å². The van der Waals surface area contributed by atoms with E-state index in [-0.39, 0.29) is 16.7 Å². The molecule has 0 aliphatic carbocycles. The van der Waals surface area contributed by atoms with Gasteiger partial charge in [-0.1, -0.05) is 76.1 Å². The lowest BCUT2D eigenvalue weighted by Gasteiger charge is -2.42. The minimum absolute atomic E-state index is 0.0638. The van der Waals surface area contributed by atoms with Gasteiger partial charge in [0.15, 0.2) is 0 Å². The van der Waals surface area contributed by atoms with Gasteiger partial charge in [-0.3, -0.25) is 4.79 Å². The van der Waals surface area contributed by atoms with Crippen LogP contribution < -0.4 is 0 Å². The number of piperidine rings is 1. The van der Waals surface area contributed by atoms with Crippen LogP contribution in [0.4, 0.5) is 0 Å². The first-order valence-corrected chi connectivity index (χ1v) is 14.8. The van der Waals surface area contributed by atoms with Crippen LogP contribution >= 0.6 is 27.7 Å². The van der Waals surface area contributed by atoms with Crippen LogP contribution in [0.1, 0.15) is 29.2 Å². The molecule has 35 heavy (non-hydrogen) atoms. The number of hydrogen-bond donors (Lipinski definition) is 1. The largest absolute Gasteiger partial charge is 0.481 e. The molecule has 0 aromatic heterocycles. The number of halogens is 1. The van der Waals surface area contributed by atoms with Crippen molar-refractivity contribution in [3.05, 3.63) is 100 Å². The number of benzene rings is 3. The number of sulfonamides is 1. The Bertz CT molecular complexity index is 1270. The van der Waals surface area contributed by atoms with Crippen LogP contribution in [-0.2, 0) is 21.2 Å². The molecule has 3 aromatic rings. The first-order valence-electron chi connectivity index (χ1n) is 11.5. The van der Waals surface area contributed by atoms with E-state index < -0.39 is 28.0 Å². The second kappa shape index (κ2) is 11.3. The summed E-state index contributed by atoms with van der Waals surface area (Å²) in [5.74, 6) is -0.979. The van der Waals surface area contributed by atoms with E-state index in [1.165, 1.54) is 9.87 Å². The van der Waals surface area contributed by atoms with Crippen LogP contribution in [0.25, 0.3) is 0 Å². The molecule has 4 rings (SSSR count). The SMILES string of the molecule is Cc1ccc(S(=O)(=O)N2C[C@@H](C(=O)O)[C@H](SCCc3ccccc3)C[C@H]2c2cccc(Br)c2)cc1. The van der Waals surface area contributed by atoms with Crippen LogP contribution in [0.2, 0.25) is 0 Å². The smallest absolute Gasteiger partial charge is 0.308 e. The van der Waals surface area contributed by atoms with Gasteiger partial charge in [0.25, 0.3) is 0 Å². The zero-order chi connectivity index (χ0) is 25.0. The maximum atomic E-state index is 13.8. The second-order valence-corrected chi connectivity index (χ2v) is 12.9. The summed E-state index contributed by atoms with van der Waals surface area (Å²) in [4.78, 5) is 12.5. The van der Waals surface area contributed by atoms with E-state index in [2.05, 4.69) is 28.1 Å². The molecule has 5 nitrogen and oxygen atoms in total. The van der Waals surface area contributed by atoms with Crippen molar-refractivity contribution >= 4 is 43.7 Å². The predicted octanol–water partition coefficient (Wildman–Crippen LogP) is 5.94. The van der Waals surface area contributed by atoms with Gasteiger partial charge in [-0.2, -0.15) is 16.1 Å². The minimum atomic E-state index is -3.90. The zero-order valence-corrected chi connectivity index (χ0v) is 22.6. The van der Waals surface area contributed by atoms with Gasteiger partial charge in [-0.05, 0) is 60.9 Å². The van der Waals surface area contributed by atoms with Crippen molar-refractivity contribution in [1.82, 2.24) is 4.31 Å². The highest BCUT2D eigenvalue weighted by molar-refractivity contribution is 9.10. The third kappa shape index (κ3) is 6.17. The van der Waals surface area contributed by atoms with Crippen molar-refractivity contribution in [2.45, 2.75) is 36.0 Å². The average Bonchev–Trinajstić information content (AvgIpc) is 2.84. The van der Waals surface area contributed by atoms with Crippen LogP contribution in [0, 0.1) is 12.8 Å². The van der Waals surface area contributed by atoms with Crippen LogP contribution in [0.15, 0.2) is 88.2 Å². The lowest BCUT2D eigenvalue weighted by Crippen LogP contribution is -2.49. The van der Waals surface area contributed by atoms with E-state index in [1.54, 1.807) is 36.0 Å². The Morgan fingerprint density at radius 1 is 1.06 bits per heavy atom. The fourth-order valence-corrected chi connectivity index (χ4v) is 7.94. The highest BCUT2D eigenvalue weighted by Gasteiger charge is 2.45. The summed E-state index contributed by atoms with van der Waals surface area (Å²) < 4.78 is 29.8. The molecule has 0 spiro atoms. The van der Waals surface area contributed by atoms with Crippen LogP contribution in [-0.4, -0.2) is 41.3 Å². The molecule has 1 fully saturated rings. The summed E-state index contributed by atoms with van der Waals surface area (Å²) in [5.41, 5.74) is 3.02. The highest BCUT2D eigenvalue weighted by Crippen LogP contribution is 2.42. The summed E-state index contributed by atoms with van der Waals surface area (Å²) >= 11 is 5.13. The first kappa shape index (κ1) is 25.9. The number of carboxylic acids is 1. The standard InChI is InChI=1S/C27H28BrNO4S2/c1-19-10-12-23(13-11-19)35(32,33)29-18-24(27(30)31)26(34-15-14-20-6-3-2-4-7-20)17-25(29)21-8-5-9-22(28)16-21/h2-13,16,24-26H,14-15,17-18H2,1H3,(H,30,31)/t24-,25+,26-/m1/s1. The molecule has 0 unspecified atom stereocenters. The summed E-state index contributed by atoms with van der Waals surface area (Å²) in [7, 11) is -3.90. The Hall–Kier alpha value is -2.13. The number of aliphatic carboxylic acids is 1. The fourth-order valence-electron chi connectivity index (χ4n) is 4.46. The molecule has 0 amide bonds. The average molecular weight is 575 g/mol. The maximum absolute atomic E-state index is 13.8. The van der Waals surface area contributed by atoms with Crippen LogP contribution in [0.3, 0.4) is 0 Å². The van der Waals surface area contributed by atoms with Crippen molar-refractivity contribution in [3.8, 4) is 0 Å². The summed E-state index contributed by atoms with van der Waals surface area (Å²) in [6.45, 7) is 1.84. The summed E-state index contributed by atoms with van der Waals surface area (Å²) in [6.07, 6.45) is 1.26. The van der Waals surface area contributed by atoms with Gasteiger partial charge in [-0.15, -0.1) is 0 Å².